The Bertz CT molecular complexity index is 1680. The average Bonchev–Trinajstić information content (AvgIpc) is 3.05. The number of nitrogens with one attached hydrogen (secondary N) is 1. The second-order valence-corrected chi connectivity index (χ2v) is 10.6. The summed E-state index contributed by atoms with van der Waals surface area (Å²) in [5, 5.41) is 23.8. The minimum atomic E-state index is -2.31. The average molecular weight is 596 g/mol. The lowest BCUT2D eigenvalue weighted by Gasteiger charge is -2.37. The minimum absolute atomic E-state index is 0.0362. The van der Waals surface area contributed by atoms with Gasteiger partial charge in [0.1, 0.15) is 28.7 Å². The molecule has 1 aliphatic heterocycles. The summed E-state index contributed by atoms with van der Waals surface area (Å²) in [6.45, 7) is 0.0893. The largest absolute Gasteiger partial charge is 0.393 e. The molecule has 0 radical (unpaired) electrons. The molecule has 0 fully saturated rings. The van der Waals surface area contributed by atoms with Gasteiger partial charge >= 0.3 is 0 Å². The maximum Gasteiger partial charge on any atom is 0.259 e. The number of hydrogen-bond donors (Lipinski definition) is 3. The van der Waals surface area contributed by atoms with E-state index in [4.69, 9.17) is 11.6 Å². The number of nitrogens with zero attached hydrogens (tertiary/aromatic N) is 2. The molecule has 1 aliphatic rings. The van der Waals surface area contributed by atoms with Gasteiger partial charge in [0.25, 0.3) is 11.8 Å². The zero-order chi connectivity index (χ0) is 30.2. The fourth-order valence-electron chi connectivity index (χ4n) is 5.02. The standard InChI is InChI=1S/C31H25ClF3N3O4/c1-30(35)12-13-38(26-10-7-19(32)14-24(26)31(30,42)17-39)29(41)18-6-11-27(36-16-18)37-28(40)23-15-20(33)8-9-21(23)22-4-2-3-5-25(22)34/h2-11,14-16,39,42H,12-13,17H2,1H3,(H,36,37,40)/t30?,31-/m0/s1. The van der Waals surface area contributed by atoms with Gasteiger partial charge in [0.2, 0.25) is 0 Å². The molecule has 1 unspecified atom stereocenters. The summed E-state index contributed by atoms with van der Waals surface area (Å²) in [7, 11) is 0. The van der Waals surface area contributed by atoms with Crippen LogP contribution in [-0.2, 0) is 5.60 Å². The molecule has 1 aromatic heterocycles. The molecule has 2 heterocycles. The Morgan fingerprint density at radius 3 is 2.50 bits per heavy atom. The van der Waals surface area contributed by atoms with Crippen molar-refractivity contribution in [2.45, 2.75) is 24.6 Å². The summed E-state index contributed by atoms with van der Waals surface area (Å²) in [6, 6.07) is 16.2. The Morgan fingerprint density at radius 1 is 1.05 bits per heavy atom. The van der Waals surface area contributed by atoms with Gasteiger partial charge in [-0.2, -0.15) is 0 Å². The lowest BCUT2D eigenvalue weighted by molar-refractivity contribution is -0.130. The summed E-state index contributed by atoms with van der Waals surface area (Å²) in [4.78, 5) is 32.0. The zero-order valence-electron chi connectivity index (χ0n) is 22.2. The van der Waals surface area contributed by atoms with Crippen LogP contribution in [0.2, 0.25) is 5.02 Å². The van der Waals surface area contributed by atoms with Gasteiger partial charge in [0.15, 0.2) is 0 Å². The molecule has 3 aromatic carbocycles. The summed E-state index contributed by atoms with van der Waals surface area (Å²) in [6.07, 6.45) is 0.913. The van der Waals surface area contributed by atoms with Crippen LogP contribution in [0.5, 0.6) is 0 Å². The molecule has 0 aliphatic carbocycles. The van der Waals surface area contributed by atoms with Crippen LogP contribution in [0.4, 0.5) is 24.7 Å². The van der Waals surface area contributed by atoms with Gasteiger partial charge in [-0.1, -0.05) is 35.9 Å². The third-order valence-corrected chi connectivity index (χ3v) is 7.71. The molecule has 2 atom stereocenters. The first kappa shape index (κ1) is 29.2. The van der Waals surface area contributed by atoms with Crippen LogP contribution in [0.1, 0.15) is 39.6 Å². The van der Waals surface area contributed by atoms with E-state index in [0.717, 1.165) is 19.1 Å². The van der Waals surface area contributed by atoms with Gasteiger partial charge in [-0.3, -0.25) is 9.59 Å². The summed E-state index contributed by atoms with van der Waals surface area (Å²) >= 11 is 6.11. The van der Waals surface area contributed by atoms with Crippen LogP contribution in [0, 0.1) is 11.6 Å². The molecule has 0 bridgehead atoms. The number of anilines is 2. The molecule has 2 amide bonds. The van der Waals surface area contributed by atoms with Crippen LogP contribution >= 0.6 is 11.6 Å². The number of pyridine rings is 1. The number of aromatic nitrogens is 1. The number of hydrogen-bond acceptors (Lipinski definition) is 5. The van der Waals surface area contributed by atoms with E-state index < -0.39 is 41.3 Å². The van der Waals surface area contributed by atoms with Crippen LogP contribution < -0.4 is 10.2 Å². The third-order valence-electron chi connectivity index (χ3n) is 7.48. The number of rotatable bonds is 5. The Hall–Kier alpha value is -4.25. The summed E-state index contributed by atoms with van der Waals surface area (Å²) < 4.78 is 44.1. The lowest BCUT2D eigenvalue weighted by Crippen LogP contribution is -2.49. The van der Waals surface area contributed by atoms with Gasteiger partial charge in [0, 0.05) is 35.3 Å². The number of alkyl halides is 1. The van der Waals surface area contributed by atoms with E-state index in [9.17, 15) is 28.6 Å². The van der Waals surface area contributed by atoms with E-state index in [1.165, 1.54) is 65.7 Å². The molecule has 0 saturated carbocycles. The predicted octanol–water partition coefficient (Wildman–Crippen LogP) is 5.89. The molecule has 0 spiro atoms. The van der Waals surface area contributed by atoms with Crippen molar-refractivity contribution in [2.24, 2.45) is 0 Å². The molecule has 7 nitrogen and oxygen atoms in total. The van der Waals surface area contributed by atoms with Gasteiger partial charge in [-0.15, -0.1) is 0 Å². The third kappa shape index (κ3) is 5.24. The molecule has 3 N–H and O–H groups in total. The smallest absolute Gasteiger partial charge is 0.259 e. The van der Waals surface area contributed by atoms with Gasteiger partial charge in [-0.05, 0) is 61.0 Å². The normalized spacial score (nSPS) is 20.0. The maximum atomic E-state index is 15.6. The number of carbonyl (C=O) groups excluding carboxylic acids is 2. The topological polar surface area (TPSA) is 103 Å². The van der Waals surface area contributed by atoms with Crippen molar-refractivity contribution in [1.29, 1.82) is 0 Å². The summed E-state index contributed by atoms with van der Waals surface area (Å²) in [5.74, 6) is -2.56. The number of aliphatic hydroxyl groups excluding tert-OH is 1. The lowest BCUT2D eigenvalue weighted by atomic mass is 9.79. The minimum Gasteiger partial charge on any atom is -0.393 e. The first-order chi connectivity index (χ1) is 19.9. The first-order valence-corrected chi connectivity index (χ1v) is 13.3. The highest BCUT2D eigenvalue weighted by Crippen LogP contribution is 2.46. The highest BCUT2D eigenvalue weighted by Gasteiger charge is 2.52. The van der Waals surface area contributed by atoms with Crippen molar-refractivity contribution in [1.82, 2.24) is 4.98 Å². The second-order valence-electron chi connectivity index (χ2n) is 10.1. The van der Waals surface area contributed by atoms with Crippen molar-refractivity contribution in [3.8, 4) is 11.1 Å². The highest BCUT2D eigenvalue weighted by atomic mass is 35.5. The van der Waals surface area contributed by atoms with E-state index in [0.29, 0.717) is 0 Å². The number of amides is 2. The molecule has 42 heavy (non-hydrogen) atoms. The molecular formula is C31H25ClF3N3O4. The second kappa shape index (κ2) is 11.2. The number of carbonyl (C=O) groups is 2. The Morgan fingerprint density at radius 2 is 1.81 bits per heavy atom. The van der Waals surface area contributed by atoms with Gasteiger partial charge < -0.3 is 20.4 Å². The van der Waals surface area contributed by atoms with Crippen molar-refractivity contribution in [2.75, 3.05) is 23.4 Å². The van der Waals surface area contributed by atoms with Crippen molar-refractivity contribution in [3.63, 3.8) is 0 Å². The van der Waals surface area contributed by atoms with E-state index in [1.54, 1.807) is 6.07 Å². The maximum absolute atomic E-state index is 15.6. The van der Waals surface area contributed by atoms with E-state index >= 15 is 4.39 Å². The quantitative estimate of drug-likeness (QED) is 0.267. The Kier molecular flexibility index (Phi) is 7.80. The molecule has 5 rings (SSSR count). The van der Waals surface area contributed by atoms with Crippen LogP contribution in [0.25, 0.3) is 11.1 Å². The molecular weight excluding hydrogens is 571 g/mol. The molecule has 4 aromatic rings. The SMILES string of the molecule is CC1(F)CCN(C(=O)c2ccc(NC(=O)c3cc(F)ccc3-c3ccccc3F)nc2)c2ccc(Cl)cc2[C@@]1(O)CO. The zero-order valence-corrected chi connectivity index (χ0v) is 23.0. The molecule has 11 heteroatoms. The number of benzene rings is 3. The number of fused-ring (bicyclic) bond motifs is 1. The predicted molar refractivity (Wildman–Crippen MR) is 152 cm³/mol. The van der Waals surface area contributed by atoms with E-state index in [2.05, 4.69) is 10.3 Å². The number of aliphatic hydroxyl groups is 2. The van der Waals surface area contributed by atoms with Crippen LogP contribution in [-0.4, -0.2) is 45.8 Å². The fraction of sp³-hybridized carbons (Fsp3) is 0.194. The summed E-state index contributed by atoms with van der Waals surface area (Å²) in [5.41, 5.74) is -4.20. The Labute approximate surface area is 244 Å². The molecule has 0 saturated heterocycles. The first-order valence-electron chi connectivity index (χ1n) is 12.9. The van der Waals surface area contributed by atoms with E-state index in [1.807, 2.05) is 0 Å². The Balaban J connectivity index is 1.42. The van der Waals surface area contributed by atoms with Gasteiger partial charge in [-0.25, -0.2) is 18.2 Å². The van der Waals surface area contributed by atoms with E-state index in [-0.39, 0.29) is 57.3 Å². The fourth-order valence-corrected chi connectivity index (χ4v) is 5.19. The number of halogens is 4. The van der Waals surface area contributed by atoms with Crippen LogP contribution in [0.3, 0.4) is 0 Å². The van der Waals surface area contributed by atoms with Gasteiger partial charge in [0.05, 0.1) is 23.4 Å². The monoisotopic (exact) mass is 595 g/mol. The van der Waals surface area contributed by atoms with Crippen molar-refractivity contribution in [3.05, 3.63) is 112 Å². The molecule has 216 valence electrons. The van der Waals surface area contributed by atoms with Crippen molar-refractivity contribution >= 4 is 34.9 Å². The highest BCUT2D eigenvalue weighted by molar-refractivity contribution is 6.30. The van der Waals surface area contributed by atoms with Crippen LogP contribution in [0.15, 0.2) is 79.0 Å². The van der Waals surface area contributed by atoms with Crippen molar-refractivity contribution < 1.29 is 33.0 Å².